The lowest BCUT2D eigenvalue weighted by Gasteiger charge is -2.06. The number of para-hydroxylation sites is 1. The van der Waals surface area contributed by atoms with E-state index in [9.17, 15) is 14.4 Å². The SMILES string of the molecule is Cc1ncc(CC(=O)OCc2cc(=O)c3ccccc3[nH]2)c(=O)[nH]1. The highest BCUT2D eigenvalue weighted by atomic mass is 16.5. The summed E-state index contributed by atoms with van der Waals surface area (Å²) in [7, 11) is 0. The molecular formula is C17H15N3O4. The molecule has 122 valence electrons. The molecule has 0 atom stereocenters. The van der Waals surface area contributed by atoms with Gasteiger partial charge in [0.25, 0.3) is 5.56 Å². The number of aryl methyl sites for hydroxylation is 1. The van der Waals surface area contributed by atoms with E-state index in [1.54, 1.807) is 25.1 Å². The van der Waals surface area contributed by atoms with Crippen LogP contribution in [-0.4, -0.2) is 20.9 Å². The van der Waals surface area contributed by atoms with E-state index in [4.69, 9.17) is 4.74 Å². The number of nitrogens with zero attached hydrogens (tertiary/aromatic N) is 1. The number of nitrogens with one attached hydrogen (secondary N) is 2. The van der Waals surface area contributed by atoms with Crippen molar-refractivity contribution in [2.24, 2.45) is 0 Å². The molecule has 0 spiro atoms. The van der Waals surface area contributed by atoms with Gasteiger partial charge in [-0.1, -0.05) is 12.1 Å². The van der Waals surface area contributed by atoms with Crippen LogP contribution in [0.2, 0.25) is 0 Å². The Morgan fingerprint density at radius 1 is 1.21 bits per heavy atom. The normalized spacial score (nSPS) is 10.7. The van der Waals surface area contributed by atoms with Crippen LogP contribution in [0.25, 0.3) is 10.9 Å². The van der Waals surface area contributed by atoms with Crippen LogP contribution in [0.1, 0.15) is 17.1 Å². The van der Waals surface area contributed by atoms with Crippen LogP contribution in [-0.2, 0) is 22.6 Å². The van der Waals surface area contributed by atoms with E-state index in [0.29, 0.717) is 22.4 Å². The van der Waals surface area contributed by atoms with Gasteiger partial charge in [0.15, 0.2) is 5.43 Å². The van der Waals surface area contributed by atoms with Crippen molar-refractivity contribution in [2.45, 2.75) is 20.0 Å². The summed E-state index contributed by atoms with van der Waals surface area (Å²) in [6.45, 7) is 1.58. The highest BCUT2D eigenvalue weighted by Gasteiger charge is 2.10. The zero-order valence-corrected chi connectivity index (χ0v) is 13.0. The quantitative estimate of drug-likeness (QED) is 0.701. The molecule has 2 N–H and O–H groups in total. The smallest absolute Gasteiger partial charge is 0.310 e. The predicted octanol–water partition coefficient (Wildman–Crippen LogP) is 1.21. The van der Waals surface area contributed by atoms with E-state index in [1.807, 2.05) is 6.07 Å². The van der Waals surface area contributed by atoms with E-state index < -0.39 is 5.97 Å². The molecule has 2 aromatic heterocycles. The summed E-state index contributed by atoms with van der Waals surface area (Å²) in [5.74, 6) is -0.0917. The van der Waals surface area contributed by atoms with Crippen molar-refractivity contribution >= 4 is 16.9 Å². The number of fused-ring (bicyclic) bond motifs is 1. The van der Waals surface area contributed by atoms with Gasteiger partial charge in [0.2, 0.25) is 0 Å². The van der Waals surface area contributed by atoms with Gasteiger partial charge in [-0.25, -0.2) is 4.98 Å². The lowest BCUT2D eigenvalue weighted by molar-refractivity contribution is -0.144. The van der Waals surface area contributed by atoms with Crippen molar-refractivity contribution in [3.05, 3.63) is 74.2 Å². The Morgan fingerprint density at radius 3 is 2.79 bits per heavy atom. The molecule has 2 heterocycles. The Kier molecular flexibility index (Phi) is 4.24. The molecule has 0 fully saturated rings. The molecule has 7 nitrogen and oxygen atoms in total. The maximum absolute atomic E-state index is 12.0. The third-order valence-electron chi connectivity index (χ3n) is 3.52. The van der Waals surface area contributed by atoms with Crippen molar-refractivity contribution in [3.8, 4) is 0 Å². The summed E-state index contributed by atoms with van der Waals surface area (Å²) in [6.07, 6.45) is 1.17. The number of aromatic nitrogens is 3. The van der Waals surface area contributed by atoms with E-state index in [1.165, 1.54) is 12.3 Å². The fourth-order valence-corrected chi connectivity index (χ4v) is 2.33. The number of H-pyrrole nitrogens is 2. The van der Waals surface area contributed by atoms with E-state index in [0.717, 1.165) is 0 Å². The van der Waals surface area contributed by atoms with Gasteiger partial charge < -0.3 is 14.7 Å². The van der Waals surface area contributed by atoms with Crippen molar-refractivity contribution in [1.82, 2.24) is 15.0 Å². The second-order valence-electron chi connectivity index (χ2n) is 5.36. The molecule has 0 unspecified atom stereocenters. The van der Waals surface area contributed by atoms with Gasteiger partial charge in [-0.15, -0.1) is 0 Å². The average Bonchev–Trinajstić information content (AvgIpc) is 2.56. The van der Waals surface area contributed by atoms with Gasteiger partial charge >= 0.3 is 5.97 Å². The third kappa shape index (κ3) is 3.40. The predicted molar refractivity (Wildman–Crippen MR) is 87.7 cm³/mol. The monoisotopic (exact) mass is 325 g/mol. The molecule has 0 radical (unpaired) electrons. The van der Waals surface area contributed by atoms with Crippen molar-refractivity contribution in [1.29, 1.82) is 0 Å². The van der Waals surface area contributed by atoms with Gasteiger partial charge in [0, 0.05) is 28.7 Å². The average molecular weight is 325 g/mol. The van der Waals surface area contributed by atoms with Gasteiger partial charge in [-0.05, 0) is 19.1 Å². The minimum Gasteiger partial charge on any atom is -0.459 e. The first-order valence-corrected chi connectivity index (χ1v) is 7.34. The number of aromatic amines is 2. The van der Waals surface area contributed by atoms with Crippen LogP contribution >= 0.6 is 0 Å². The van der Waals surface area contributed by atoms with Gasteiger partial charge in [0.1, 0.15) is 12.4 Å². The first-order chi connectivity index (χ1) is 11.5. The van der Waals surface area contributed by atoms with Crippen LogP contribution in [0.4, 0.5) is 0 Å². The molecule has 0 bridgehead atoms. The summed E-state index contributed by atoms with van der Waals surface area (Å²) < 4.78 is 5.13. The van der Waals surface area contributed by atoms with Crippen molar-refractivity contribution < 1.29 is 9.53 Å². The summed E-state index contributed by atoms with van der Waals surface area (Å²) >= 11 is 0. The highest BCUT2D eigenvalue weighted by molar-refractivity contribution is 5.78. The lowest BCUT2D eigenvalue weighted by atomic mass is 10.2. The minimum atomic E-state index is -0.569. The molecular weight excluding hydrogens is 310 g/mol. The van der Waals surface area contributed by atoms with Crippen molar-refractivity contribution in [2.75, 3.05) is 0 Å². The number of hydrogen-bond acceptors (Lipinski definition) is 5. The summed E-state index contributed by atoms with van der Waals surface area (Å²) in [4.78, 5) is 45.1. The van der Waals surface area contributed by atoms with E-state index in [2.05, 4.69) is 15.0 Å². The molecule has 0 aliphatic heterocycles. The Labute approximate surface area is 136 Å². The molecule has 0 aliphatic carbocycles. The highest BCUT2D eigenvalue weighted by Crippen LogP contribution is 2.08. The number of rotatable bonds is 4. The van der Waals surface area contributed by atoms with E-state index in [-0.39, 0.29) is 29.6 Å². The molecule has 0 amide bonds. The van der Waals surface area contributed by atoms with Crippen LogP contribution < -0.4 is 11.0 Å². The Balaban J connectivity index is 1.70. The molecule has 3 rings (SSSR count). The molecule has 0 saturated heterocycles. The third-order valence-corrected chi connectivity index (χ3v) is 3.52. The maximum Gasteiger partial charge on any atom is 0.310 e. The number of carbonyl (C=O) groups excluding carboxylic acids is 1. The largest absolute Gasteiger partial charge is 0.459 e. The second kappa shape index (κ2) is 6.49. The minimum absolute atomic E-state index is 0.0733. The Morgan fingerprint density at radius 2 is 2.00 bits per heavy atom. The van der Waals surface area contributed by atoms with Crippen LogP contribution in [0.15, 0.2) is 46.1 Å². The Bertz CT molecular complexity index is 1020. The lowest BCUT2D eigenvalue weighted by Crippen LogP contribution is -2.19. The fourth-order valence-electron chi connectivity index (χ4n) is 2.33. The number of benzene rings is 1. The second-order valence-corrected chi connectivity index (χ2v) is 5.36. The molecule has 24 heavy (non-hydrogen) atoms. The molecule has 1 aromatic carbocycles. The van der Waals surface area contributed by atoms with Crippen LogP contribution in [0.5, 0.6) is 0 Å². The van der Waals surface area contributed by atoms with Crippen LogP contribution in [0, 0.1) is 6.92 Å². The van der Waals surface area contributed by atoms with Gasteiger partial charge in [-0.3, -0.25) is 14.4 Å². The fraction of sp³-hybridized carbons (Fsp3) is 0.176. The number of pyridine rings is 1. The molecule has 3 aromatic rings. The topological polar surface area (TPSA) is 105 Å². The van der Waals surface area contributed by atoms with Gasteiger partial charge in [-0.2, -0.15) is 0 Å². The Hall–Kier alpha value is -3.22. The zero-order chi connectivity index (χ0) is 17.1. The first kappa shape index (κ1) is 15.7. The zero-order valence-electron chi connectivity index (χ0n) is 13.0. The molecule has 7 heteroatoms. The standard InChI is InChI=1S/C17H15N3O4/c1-10-18-8-11(17(23)19-10)6-16(22)24-9-12-7-15(21)13-4-2-3-5-14(13)20-12/h2-5,7-8H,6,9H2,1H3,(H,20,21)(H,18,19,23). The summed E-state index contributed by atoms with van der Waals surface area (Å²) in [5.41, 5.74) is 0.893. The molecule has 0 saturated carbocycles. The number of ether oxygens (including phenoxy) is 1. The summed E-state index contributed by atoms with van der Waals surface area (Å²) in [6, 6.07) is 8.49. The van der Waals surface area contributed by atoms with Crippen LogP contribution in [0.3, 0.4) is 0 Å². The molecule has 0 aliphatic rings. The summed E-state index contributed by atoms with van der Waals surface area (Å²) in [5, 5.41) is 0.574. The van der Waals surface area contributed by atoms with Gasteiger partial charge in [0.05, 0.1) is 12.1 Å². The number of esters is 1. The maximum atomic E-state index is 12.0. The first-order valence-electron chi connectivity index (χ1n) is 7.34. The van der Waals surface area contributed by atoms with E-state index >= 15 is 0 Å². The number of carbonyl (C=O) groups is 1. The van der Waals surface area contributed by atoms with Crippen molar-refractivity contribution in [3.63, 3.8) is 0 Å². The number of hydrogen-bond donors (Lipinski definition) is 2.